The predicted octanol–water partition coefficient (Wildman–Crippen LogP) is 2.27. The summed E-state index contributed by atoms with van der Waals surface area (Å²) in [4.78, 5) is 18.4. The fraction of sp³-hybridized carbons (Fsp3) is 0.462. The van der Waals surface area contributed by atoms with Gasteiger partial charge in [0, 0.05) is 30.8 Å². The predicted molar refractivity (Wildman–Crippen MR) is 85.7 cm³/mol. The lowest BCUT2D eigenvalue weighted by Gasteiger charge is -2.31. The van der Waals surface area contributed by atoms with Crippen molar-refractivity contribution in [1.82, 2.24) is 15.2 Å². The molecule has 0 unspecified atom stereocenters. The van der Waals surface area contributed by atoms with E-state index in [2.05, 4.69) is 20.1 Å². The van der Waals surface area contributed by atoms with E-state index in [9.17, 15) is 4.79 Å². The highest BCUT2D eigenvalue weighted by Gasteiger charge is 2.26. The van der Waals surface area contributed by atoms with E-state index in [4.69, 9.17) is 22.1 Å². The SMILES string of the molecule is COC(=O)c1sc(N2CCC(c3cc(N)n[nH]3)CC2)nc1Cl. The number of halogens is 1. The summed E-state index contributed by atoms with van der Waals surface area (Å²) in [6.07, 6.45) is 1.93. The molecule has 118 valence electrons. The third-order valence-corrected chi connectivity index (χ3v) is 5.25. The summed E-state index contributed by atoms with van der Waals surface area (Å²) in [6, 6.07) is 1.88. The molecule has 2 aromatic heterocycles. The molecule has 22 heavy (non-hydrogen) atoms. The average Bonchev–Trinajstić information content (AvgIpc) is 3.13. The van der Waals surface area contributed by atoms with E-state index in [1.807, 2.05) is 6.07 Å². The van der Waals surface area contributed by atoms with Gasteiger partial charge in [-0.25, -0.2) is 9.78 Å². The Labute approximate surface area is 136 Å². The molecule has 3 rings (SSSR count). The molecule has 2 aromatic rings. The van der Waals surface area contributed by atoms with Gasteiger partial charge in [0.05, 0.1) is 7.11 Å². The highest BCUT2D eigenvalue weighted by Crippen LogP contribution is 2.34. The van der Waals surface area contributed by atoms with E-state index in [1.165, 1.54) is 18.4 Å². The Hall–Kier alpha value is -1.80. The van der Waals surface area contributed by atoms with Gasteiger partial charge in [0.25, 0.3) is 0 Å². The highest BCUT2D eigenvalue weighted by atomic mass is 35.5. The van der Waals surface area contributed by atoms with Gasteiger partial charge in [0.15, 0.2) is 15.2 Å². The Morgan fingerprint density at radius 3 is 2.86 bits per heavy atom. The van der Waals surface area contributed by atoms with Crippen LogP contribution in [0.5, 0.6) is 0 Å². The van der Waals surface area contributed by atoms with Gasteiger partial charge in [-0.2, -0.15) is 5.10 Å². The van der Waals surface area contributed by atoms with Gasteiger partial charge in [0.1, 0.15) is 5.82 Å². The van der Waals surface area contributed by atoms with Gasteiger partial charge >= 0.3 is 5.97 Å². The first-order valence-corrected chi connectivity index (χ1v) is 8.08. The third-order valence-electron chi connectivity index (χ3n) is 3.77. The zero-order valence-electron chi connectivity index (χ0n) is 12.0. The van der Waals surface area contributed by atoms with Crippen LogP contribution in [0, 0.1) is 0 Å². The number of methoxy groups -OCH3 is 1. The van der Waals surface area contributed by atoms with E-state index in [-0.39, 0.29) is 5.15 Å². The number of thiazole rings is 1. The van der Waals surface area contributed by atoms with Crippen molar-refractivity contribution in [2.45, 2.75) is 18.8 Å². The minimum atomic E-state index is -0.448. The molecule has 3 N–H and O–H groups in total. The Balaban J connectivity index is 1.67. The largest absolute Gasteiger partial charge is 0.465 e. The first-order valence-electron chi connectivity index (χ1n) is 6.89. The van der Waals surface area contributed by atoms with Crippen molar-refractivity contribution in [2.24, 2.45) is 0 Å². The lowest BCUT2D eigenvalue weighted by atomic mass is 9.94. The quantitative estimate of drug-likeness (QED) is 0.831. The van der Waals surface area contributed by atoms with Crippen molar-refractivity contribution in [1.29, 1.82) is 0 Å². The number of H-pyrrole nitrogens is 1. The van der Waals surface area contributed by atoms with Crippen LogP contribution in [-0.4, -0.2) is 41.3 Å². The van der Waals surface area contributed by atoms with Crippen LogP contribution in [-0.2, 0) is 4.74 Å². The minimum absolute atomic E-state index is 0.204. The molecule has 0 aromatic carbocycles. The summed E-state index contributed by atoms with van der Waals surface area (Å²) in [5.41, 5.74) is 6.72. The monoisotopic (exact) mass is 341 g/mol. The number of aromatic nitrogens is 3. The average molecular weight is 342 g/mol. The van der Waals surface area contributed by atoms with Crippen molar-refractivity contribution >= 4 is 39.9 Å². The third kappa shape index (κ3) is 2.89. The van der Waals surface area contributed by atoms with Crippen LogP contribution in [0.25, 0.3) is 0 Å². The van der Waals surface area contributed by atoms with E-state index < -0.39 is 5.97 Å². The molecule has 1 saturated heterocycles. The molecule has 9 heteroatoms. The number of hydrogen-bond donors (Lipinski definition) is 2. The van der Waals surface area contributed by atoms with E-state index in [1.54, 1.807) is 0 Å². The van der Waals surface area contributed by atoms with Crippen LogP contribution < -0.4 is 10.6 Å². The number of aromatic amines is 1. The molecular formula is C13H16ClN5O2S. The summed E-state index contributed by atoms with van der Waals surface area (Å²) in [5.74, 6) is 0.486. The number of ether oxygens (including phenoxy) is 1. The summed E-state index contributed by atoms with van der Waals surface area (Å²) < 4.78 is 4.70. The standard InChI is InChI=1S/C13H16ClN5O2S/c1-21-12(20)10-11(14)16-13(22-10)19-4-2-7(3-5-19)8-6-9(15)18-17-8/h6-7H,2-5H2,1H3,(H3,15,17,18). The minimum Gasteiger partial charge on any atom is -0.465 e. The van der Waals surface area contributed by atoms with E-state index >= 15 is 0 Å². The molecule has 0 saturated carbocycles. The zero-order valence-corrected chi connectivity index (χ0v) is 13.6. The Bertz CT molecular complexity index is 678. The number of carbonyl (C=O) groups excluding carboxylic acids is 1. The van der Waals surface area contributed by atoms with Crippen molar-refractivity contribution in [2.75, 3.05) is 30.8 Å². The van der Waals surface area contributed by atoms with Crippen LogP contribution in [0.2, 0.25) is 5.15 Å². The molecule has 0 radical (unpaired) electrons. The lowest BCUT2D eigenvalue weighted by Crippen LogP contribution is -2.32. The van der Waals surface area contributed by atoms with Gasteiger partial charge in [-0.05, 0) is 12.8 Å². The van der Waals surface area contributed by atoms with Gasteiger partial charge in [-0.15, -0.1) is 0 Å². The number of carbonyl (C=O) groups is 1. The first kappa shape index (κ1) is 15.1. The number of piperidine rings is 1. The molecule has 3 heterocycles. The van der Waals surface area contributed by atoms with Gasteiger partial charge in [-0.1, -0.05) is 22.9 Å². The molecule has 1 fully saturated rings. The van der Waals surface area contributed by atoms with Crippen LogP contribution in [0.4, 0.5) is 10.9 Å². The summed E-state index contributed by atoms with van der Waals surface area (Å²) in [6.45, 7) is 1.68. The second kappa shape index (κ2) is 6.13. The normalized spacial score (nSPS) is 16.0. The smallest absolute Gasteiger partial charge is 0.351 e. The summed E-state index contributed by atoms with van der Waals surface area (Å²) >= 11 is 7.28. The molecule has 0 spiro atoms. The highest BCUT2D eigenvalue weighted by molar-refractivity contribution is 7.18. The number of anilines is 2. The van der Waals surface area contributed by atoms with Crippen LogP contribution in [0.1, 0.15) is 34.1 Å². The summed E-state index contributed by atoms with van der Waals surface area (Å²) in [5, 5.41) is 7.91. The van der Waals surface area contributed by atoms with E-state index in [0.717, 1.165) is 36.8 Å². The van der Waals surface area contributed by atoms with Gasteiger partial charge in [-0.3, -0.25) is 5.10 Å². The molecule has 0 atom stereocenters. The van der Waals surface area contributed by atoms with Crippen molar-refractivity contribution in [3.63, 3.8) is 0 Å². The number of nitrogens with one attached hydrogen (secondary N) is 1. The molecule has 7 nitrogen and oxygen atoms in total. The van der Waals surface area contributed by atoms with E-state index in [0.29, 0.717) is 16.6 Å². The molecule has 0 amide bonds. The summed E-state index contributed by atoms with van der Waals surface area (Å²) in [7, 11) is 1.33. The molecule has 1 aliphatic heterocycles. The molecule has 1 aliphatic rings. The number of esters is 1. The fourth-order valence-electron chi connectivity index (χ4n) is 2.59. The topological polar surface area (TPSA) is 97.1 Å². The van der Waals surface area contributed by atoms with Crippen LogP contribution in [0.15, 0.2) is 6.07 Å². The number of nitrogens with zero attached hydrogens (tertiary/aromatic N) is 3. The second-order valence-electron chi connectivity index (χ2n) is 5.12. The fourth-order valence-corrected chi connectivity index (χ4v) is 3.84. The molecular weight excluding hydrogens is 326 g/mol. The Morgan fingerprint density at radius 1 is 1.55 bits per heavy atom. The Kier molecular flexibility index (Phi) is 4.21. The maximum absolute atomic E-state index is 11.6. The number of rotatable bonds is 3. The molecule has 0 aliphatic carbocycles. The van der Waals surface area contributed by atoms with Crippen molar-refractivity contribution < 1.29 is 9.53 Å². The number of nitrogens with two attached hydrogens (primary N) is 1. The Morgan fingerprint density at radius 2 is 2.27 bits per heavy atom. The van der Waals surface area contributed by atoms with Crippen molar-refractivity contribution in [3.8, 4) is 0 Å². The maximum atomic E-state index is 11.6. The van der Waals surface area contributed by atoms with Gasteiger partial charge < -0.3 is 15.4 Å². The van der Waals surface area contributed by atoms with Crippen LogP contribution in [0.3, 0.4) is 0 Å². The molecule has 0 bridgehead atoms. The van der Waals surface area contributed by atoms with Crippen LogP contribution >= 0.6 is 22.9 Å². The van der Waals surface area contributed by atoms with Crippen molar-refractivity contribution in [3.05, 3.63) is 21.8 Å². The first-order chi connectivity index (χ1) is 10.6. The second-order valence-corrected chi connectivity index (χ2v) is 6.45. The number of hydrogen-bond acceptors (Lipinski definition) is 7. The lowest BCUT2D eigenvalue weighted by molar-refractivity contribution is 0.0606. The zero-order chi connectivity index (χ0) is 15.7. The van der Waals surface area contributed by atoms with Gasteiger partial charge in [0.2, 0.25) is 0 Å². The maximum Gasteiger partial charge on any atom is 0.351 e. The number of nitrogen functional groups attached to an aromatic ring is 1.